The molecule has 0 saturated carbocycles. The van der Waals surface area contributed by atoms with Crippen LogP contribution in [0, 0.1) is 0 Å². The highest BCUT2D eigenvalue weighted by Gasteiger charge is 2.33. The predicted octanol–water partition coefficient (Wildman–Crippen LogP) is 4.40. The van der Waals surface area contributed by atoms with E-state index in [0.29, 0.717) is 19.6 Å². The summed E-state index contributed by atoms with van der Waals surface area (Å²) in [5, 5.41) is 2.94. The first-order chi connectivity index (χ1) is 10.6. The van der Waals surface area contributed by atoms with E-state index in [4.69, 9.17) is 9.47 Å². The quantitative estimate of drug-likeness (QED) is 0.697. The normalized spacial score (nSPS) is 13.5. The van der Waals surface area contributed by atoms with Gasteiger partial charge in [-0.25, -0.2) is 0 Å². The van der Waals surface area contributed by atoms with E-state index >= 15 is 0 Å². The van der Waals surface area contributed by atoms with Gasteiger partial charge in [-0.05, 0) is 50.5 Å². The van der Waals surface area contributed by atoms with E-state index in [-0.39, 0.29) is 5.91 Å². The Labute approximate surface area is 134 Å². The largest absolute Gasteiger partial charge is 0.494 e. The minimum Gasteiger partial charge on any atom is -0.494 e. The highest BCUT2D eigenvalue weighted by atomic mass is 16.5. The van der Waals surface area contributed by atoms with Crippen LogP contribution in [-0.2, 0) is 9.53 Å². The third kappa shape index (κ3) is 5.68. The zero-order chi connectivity index (χ0) is 16.4. The summed E-state index contributed by atoms with van der Waals surface area (Å²) in [5.74, 6) is 0.725. The zero-order valence-electron chi connectivity index (χ0n) is 14.3. The second kappa shape index (κ2) is 9.46. The molecule has 0 unspecified atom stereocenters. The maximum absolute atomic E-state index is 12.5. The minimum absolute atomic E-state index is 0.0926. The van der Waals surface area contributed by atoms with Gasteiger partial charge in [0.1, 0.15) is 11.4 Å². The number of anilines is 1. The van der Waals surface area contributed by atoms with Crippen molar-refractivity contribution in [2.75, 3.05) is 18.5 Å². The van der Waals surface area contributed by atoms with E-state index < -0.39 is 5.60 Å². The van der Waals surface area contributed by atoms with E-state index in [1.54, 1.807) is 0 Å². The first-order valence-electron chi connectivity index (χ1n) is 8.24. The second-order valence-corrected chi connectivity index (χ2v) is 5.66. The molecular weight excluding hydrogens is 278 g/mol. The molecule has 1 rings (SSSR count). The second-order valence-electron chi connectivity index (χ2n) is 5.66. The molecule has 1 N–H and O–H groups in total. The summed E-state index contributed by atoms with van der Waals surface area (Å²) < 4.78 is 11.3. The number of ether oxygens (including phenoxy) is 2. The third-order valence-electron chi connectivity index (χ3n) is 3.42. The van der Waals surface area contributed by atoms with Crippen molar-refractivity contribution in [2.45, 2.75) is 59.0 Å². The van der Waals surface area contributed by atoms with E-state index in [1.165, 1.54) is 0 Å². The molecule has 0 fully saturated rings. The van der Waals surface area contributed by atoms with Crippen LogP contribution in [0.4, 0.5) is 5.69 Å². The molecule has 4 heteroatoms. The molecule has 0 aromatic heterocycles. The Hall–Kier alpha value is -1.55. The first-order valence-corrected chi connectivity index (χ1v) is 8.24. The van der Waals surface area contributed by atoms with Gasteiger partial charge in [-0.15, -0.1) is 0 Å². The van der Waals surface area contributed by atoms with E-state index in [2.05, 4.69) is 19.2 Å². The highest BCUT2D eigenvalue weighted by Crippen LogP contribution is 2.22. The van der Waals surface area contributed by atoms with Crippen molar-refractivity contribution in [2.24, 2.45) is 0 Å². The predicted molar refractivity (Wildman–Crippen MR) is 90.4 cm³/mol. The summed E-state index contributed by atoms with van der Waals surface area (Å²) in [4.78, 5) is 12.5. The fourth-order valence-corrected chi connectivity index (χ4v) is 2.17. The molecule has 0 aliphatic heterocycles. The van der Waals surface area contributed by atoms with Crippen molar-refractivity contribution in [1.29, 1.82) is 0 Å². The van der Waals surface area contributed by atoms with Crippen LogP contribution in [0.2, 0.25) is 0 Å². The van der Waals surface area contributed by atoms with Crippen molar-refractivity contribution in [3.8, 4) is 5.75 Å². The Morgan fingerprint density at radius 2 is 1.68 bits per heavy atom. The molecule has 0 spiro atoms. The van der Waals surface area contributed by atoms with Gasteiger partial charge in [-0.2, -0.15) is 0 Å². The number of carbonyl (C=O) groups excluding carboxylic acids is 1. The molecule has 1 atom stereocenters. The Kier molecular flexibility index (Phi) is 7.96. The maximum Gasteiger partial charge on any atom is 0.256 e. The SMILES string of the molecule is CCCOc1ccc(NC(=O)[C@](C)(CCC)OCCC)cc1. The van der Waals surface area contributed by atoms with Gasteiger partial charge in [-0.1, -0.05) is 27.2 Å². The molecule has 22 heavy (non-hydrogen) atoms. The van der Waals surface area contributed by atoms with Crippen LogP contribution in [0.1, 0.15) is 53.4 Å². The molecule has 1 aromatic rings. The number of nitrogens with one attached hydrogen (secondary N) is 1. The molecule has 0 aliphatic carbocycles. The molecule has 124 valence electrons. The topological polar surface area (TPSA) is 47.6 Å². The molecule has 0 saturated heterocycles. The molecule has 0 aliphatic rings. The van der Waals surface area contributed by atoms with Crippen molar-refractivity contribution in [3.63, 3.8) is 0 Å². The maximum atomic E-state index is 12.5. The minimum atomic E-state index is -0.776. The molecule has 0 heterocycles. The van der Waals surface area contributed by atoms with Gasteiger partial charge in [-0.3, -0.25) is 4.79 Å². The van der Waals surface area contributed by atoms with Gasteiger partial charge < -0.3 is 14.8 Å². The average molecular weight is 307 g/mol. The Balaban J connectivity index is 2.68. The lowest BCUT2D eigenvalue weighted by atomic mass is 9.99. The number of hydrogen-bond donors (Lipinski definition) is 1. The molecule has 4 nitrogen and oxygen atoms in total. The molecule has 0 bridgehead atoms. The number of carbonyl (C=O) groups is 1. The first kappa shape index (κ1) is 18.5. The summed E-state index contributed by atoms with van der Waals surface area (Å²) in [6.45, 7) is 9.32. The number of rotatable bonds is 10. The number of hydrogen-bond acceptors (Lipinski definition) is 3. The lowest BCUT2D eigenvalue weighted by Gasteiger charge is -2.28. The fraction of sp³-hybridized carbons (Fsp3) is 0.611. The Morgan fingerprint density at radius 1 is 1.05 bits per heavy atom. The van der Waals surface area contributed by atoms with Crippen LogP contribution >= 0.6 is 0 Å². The highest BCUT2D eigenvalue weighted by molar-refractivity contribution is 5.97. The summed E-state index contributed by atoms with van der Waals surface area (Å²) in [6.07, 6.45) is 3.48. The smallest absolute Gasteiger partial charge is 0.256 e. The fourth-order valence-electron chi connectivity index (χ4n) is 2.17. The zero-order valence-corrected chi connectivity index (χ0v) is 14.3. The van der Waals surface area contributed by atoms with Gasteiger partial charge in [0.25, 0.3) is 5.91 Å². The Morgan fingerprint density at radius 3 is 2.23 bits per heavy atom. The lowest BCUT2D eigenvalue weighted by molar-refractivity contribution is -0.140. The van der Waals surface area contributed by atoms with Gasteiger partial charge >= 0.3 is 0 Å². The van der Waals surface area contributed by atoms with Gasteiger partial charge in [0.15, 0.2) is 0 Å². The molecule has 1 amide bonds. The van der Waals surface area contributed by atoms with Gasteiger partial charge in [0, 0.05) is 12.3 Å². The van der Waals surface area contributed by atoms with Crippen LogP contribution in [0.25, 0.3) is 0 Å². The summed E-state index contributed by atoms with van der Waals surface area (Å²) in [6, 6.07) is 7.45. The van der Waals surface area contributed by atoms with E-state index in [0.717, 1.165) is 30.7 Å². The van der Waals surface area contributed by atoms with Crippen LogP contribution in [-0.4, -0.2) is 24.7 Å². The van der Waals surface area contributed by atoms with E-state index in [1.807, 2.05) is 38.1 Å². The number of benzene rings is 1. The van der Waals surface area contributed by atoms with Crippen molar-refractivity contribution >= 4 is 11.6 Å². The van der Waals surface area contributed by atoms with Crippen molar-refractivity contribution < 1.29 is 14.3 Å². The number of amides is 1. The van der Waals surface area contributed by atoms with Crippen LogP contribution in [0.5, 0.6) is 5.75 Å². The van der Waals surface area contributed by atoms with E-state index in [9.17, 15) is 4.79 Å². The van der Waals surface area contributed by atoms with Gasteiger partial charge in [0.05, 0.1) is 6.61 Å². The van der Waals surface area contributed by atoms with Crippen LogP contribution < -0.4 is 10.1 Å². The Bertz CT molecular complexity index is 444. The van der Waals surface area contributed by atoms with Gasteiger partial charge in [0.2, 0.25) is 0 Å². The molecular formula is C18H29NO3. The average Bonchev–Trinajstić information content (AvgIpc) is 2.52. The molecule has 1 aromatic carbocycles. The van der Waals surface area contributed by atoms with Crippen molar-refractivity contribution in [1.82, 2.24) is 0 Å². The lowest BCUT2D eigenvalue weighted by Crippen LogP contribution is -2.43. The van der Waals surface area contributed by atoms with Crippen LogP contribution in [0.3, 0.4) is 0 Å². The van der Waals surface area contributed by atoms with Crippen LogP contribution in [0.15, 0.2) is 24.3 Å². The van der Waals surface area contributed by atoms with Crippen molar-refractivity contribution in [3.05, 3.63) is 24.3 Å². The summed E-state index contributed by atoms with van der Waals surface area (Å²) in [5.41, 5.74) is -0.0152. The summed E-state index contributed by atoms with van der Waals surface area (Å²) in [7, 11) is 0. The standard InChI is InChI=1S/C18H29NO3/c1-5-12-18(4,22-14-7-3)17(20)19-15-8-10-16(11-9-15)21-13-6-2/h8-11H,5-7,12-14H2,1-4H3,(H,19,20)/t18-/m0/s1. The third-order valence-corrected chi connectivity index (χ3v) is 3.42. The monoisotopic (exact) mass is 307 g/mol. The summed E-state index contributed by atoms with van der Waals surface area (Å²) >= 11 is 0. The molecule has 0 radical (unpaired) electrons.